The van der Waals surface area contributed by atoms with Gasteiger partial charge in [0.25, 0.3) is 0 Å². The van der Waals surface area contributed by atoms with E-state index in [2.05, 4.69) is 0 Å². The summed E-state index contributed by atoms with van der Waals surface area (Å²) in [6.45, 7) is 0. The van der Waals surface area contributed by atoms with Gasteiger partial charge in [-0.3, -0.25) is 0 Å². The van der Waals surface area contributed by atoms with Crippen molar-refractivity contribution in [1.82, 2.24) is 0 Å². The third-order valence-corrected chi connectivity index (χ3v) is 1.81. The van der Waals surface area contributed by atoms with Crippen LogP contribution in [0.5, 0.6) is 0 Å². The molecule has 0 saturated carbocycles. The van der Waals surface area contributed by atoms with E-state index >= 15 is 0 Å². The van der Waals surface area contributed by atoms with Crippen LogP contribution < -0.4 is 0 Å². The van der Waals surface area contributed by atoms with Crippen LogP contribution in [0.15, 0.2) is 24.3 Å². The van der Waals surface area contributed by atoms with Crippen molar-refractivity contribution in [3.8, 4) is 6.07 Å². The third kappa shape index (κ3) is 3.04. The Morgan fingerprint density at radius 2 is 2.21 bits per heavy atom. The Labute approximate surface area is 87.4 Å². The first kappa shape index (κ1) is 10.5. The molecule has 0 aliphatic rings. The van der Waals surface area contributed by atoms with E-state index in [-0.39, 0.29) is 0 Å². The van der Waals surface area contributed by atoms with Crippen molar-refractivity contribution >= 4 is 24.0 Å². The number of carbonyl (C=O) groups excluding carboxylic acids is 1. The van der Waals surface area contributed by atoms with Gasteiger partial charge in [0.2, 0.25) is 0 Å². The molecule has 0 unspecified atom stereocenters. The number of rotatable bonds is 3. The molecule has 70 valence electrons. The number of nitrogens with zero attached hydrogens (tertiary/aromatic N) is 1. The lowest BCUT2D eigenvalue weighted by Crippen LogP contribution is -1.78. The molecule has 1 aromatic rings. The first-order valence-corrected chi connectivity index (χ1v) is 4.45. The van der Waals surface area contributed by atoms with Crippen LogP contribution in [0, 0.1) is 11.3 Å². The van der Waals surface area contributed by atoms with E-state index in [0.29, 0.717) is 17.0 Å². The van der Waals surface area contributed by atoms with Gasteiger partial charge in [-0.1, -0.05) is 23.8 Å². The van der Waals surface area contributed by atoms with E-state index in [1.807, 2.05) is 6.07 Å². The topological polar surface area (TPSA) is 40.9 Å². The summed E-state index contributed by atoms with van der Waals surface area (Å²) in [6, 6.07) is 7.06. The van der Waals surface area contributed by atoms with Gasteiger partial charge in [-0.15, -0.1) is 0 Å². The Bertz CT molecular complexity index is 404. The first-order valence-electron chi connectivity index (χ1n) is 4.07. The van der Waals surface area contributed by atoms with Crippen LogP contribution in [0.2, 0.25) is 5.02 Å². The second-order valence-electron chi connectivity index (χ2n) is 2.69. The van der Waals surface area contributed by atoms with Crippen molar-refractivity contribution in [2.45, 2.75) is 6.42 Å². The van der Waals surface area contributed by atoms with E-state index in [1.165, 1.54) is 0 Å². The molecule has 0 heterocycles. The van der Waals surface area contributed by atoms with Gasteiger partial charge < -0.3 is 4.79 Å². The molecule has 0 amide bonds. The fraction of sp³-hybridized carbons (Fsp3) is 0.0909. The quantitative estimate of drug-likeness (QED) is 0.712. The minimum absolute atomic E-state index is 0.369. The van der Waals surface area contributed by atoms with Gasteiger partial charge in [-0.25, -0.2) is 0 Å². The van der Waals surface area contributed by atoms with E-state index in [1.54, 1.807) is 30.4 Å². The monoisotopic (exact) mass is 205 g/mol. The van der Waals surface area contributed by atoms with Crippen LogP contribution >= 0.6 is 11.6 Å². The van der Waals surface area contributed by atoms with Gasteiger partial charge in [0.05, 0.1) is 11.6 Å². The molecule has 0 aromatic heterocycles. The average molecular weight is 206 g/mol. The van der Waals surface area contributed by atoms with Gasteiger partial charge in [0, 0.05) is 11.4 Å². The van der Waals surface area contributed by atoms with Gasteiger partial charge in [0.15, 0.2) is 0 Å². The largest absolute Gasteiger partial charge is 0.303 e. The summed E-state index contributed by atoms with van der Waals surface area (Å²) in [5, 5.41) is 9.19. The summed E-state index contributed by atoms with van der Waals surface area (Å²) < 4.78 is 0. The predicted octanol–water partition coefficient (Wildman–Crippen LogP) is 2.81. The second kappa shape index (κ2) is 5.21. The van der Waals surface area contributed by atoms with Gasteiger partial charge in [-0.05, 0) is 23.8 Å². The lowest BCUT2D eigenvalue weighted by Gasteiger charge is -1.95. The molecule has 0 fully saturated rings. The number of halogens is 1. The van der Waals surface area contributed by atoms with Crippen LogP contribution in [0.3, 0.4) is 0 Å². The number of carbonyl (C=O) groups is 1. The van der Waals surface area contributed by atoms with Gasteiger partial charge in [-0.2, -0.15) is 5.26 Å². The van der Waals surface area contributed by atoms with Crippen LogP contribution in [0.25, 0.3) is 6.08 Å². The molecule has 0 bridgehead atoms. The molecule has 0 atom stereocenters. The Balaban J connectivity index is 2.93. The zero-order valence-corrected chi connectivity index (χ0v) is 8.16. The normalized spacial score (nSPS) is 10.0. The van der Waals surface area contributed by atoms with E-state index in [4.69, 9.17) is 16.9 Å². The summed E-state index contributed by atoms with van der Waals surface area (Å²) in [5.74, 6) is 0. The number of nitriles is 1. The maximum Gasteiger partial charge on any atom is 0.123 e. The van der Waals surface area contributed by atoms with Crippen LogP contribution in [-0.4, -0.2) is 6.29 Å². The summed E-state index contributed by atoms with van der Waals surface area (Å²) in [4.78, 5) is 10.1. The molecule has 1 rings (SSSR count). The summed E-state index contributed by atoms with van der Waals surface area (Å²) in [7, 11) is 0. The van der Waals surface area contributed by atoms with E-state index < -0.39 is 0 Å². The van der Waals surface area contributed by atoms with Crippen molar-refractivity contribution in [3.05, 3.63) is 40.4 Å². The van der Waals surface area contributed by atoms with Crippen molar-refractivity contribution in [2.75, 3.05) is 0 Å². The highest BCUT2D eigenvalue weighted by molar-refractivity contribution is 6.30. The highest BCUT2D eigenvalue weighted by Crippen LogP contribution is 2.15. The molecule has 0 aliphatic carbocycles. The highest BCUT2D eigenvalue weighted by atomic mass is 35.5. The minimum atomic E-state index is 0.369. The molecule has 2 nitrogen and oxygen atoms in total. The lowest BCUT2D eigenvalue weighted by molar-refractivity contribution is -0.107. The van der Waals surface area contributed by atoms with Crippen LogP contribution in [-0.2, 0) is 4.79 Å². The maximum absolute atomic E-state index is 10.1. The summed E-state index contributed by atoms with van der Waals surface area (Å²) >= 11 is 5.79. The number of aldehydes is 1. The van der Waals surface area contributed by atoms with Crippen LogP contribution in [0.1, 0.15) is 17.5 Å². The lowest BCUT2D eigenvalue weighted by atomic mass is 10.1. The van der Waals surface area contributed by atoms with Crippen molar-refractivity contribution in [3.63, 3.8) is 0 Å². The van der Waals surface area contributed by atoms with Crippen molar-refractivity contribution in [1.29, 1.82) is 5.26 Å². The zero-order chi connectivity index (χ0) is 10.4. The molecule has 0 N–H and O–H groups in total. The van der Waals surface area contributed by atoms with Gasteiger partial charge >= 0.3 is 0 Å². The fourth-order valence-electron chi connectivity index (χ4n) is 1.03. The number of hydrogen-bond donors (Lipinski definition) is 0. The molecule has 0 spiro atoms. The Morgan fingerprint density at radius 1 is 1.43 bits per heavy atom. The second-order valence-corrected chi connectivity index (χ2v) is 3.13. The molecular weight excluding hydrogens is 198 g/mol. The average Bonchev–Trinajstić information content (AvgIpc) is 2.17. The Morgan fingerprint density at radius 3 is 2.86 bits per heavy atom. The standard InChI is InChI=1S/C11H8ClNO/c12-11-6-9(3-1-2-4-14)5-10(7-11)8-13/h1,3-7H,2H2. The van der Waals surface area contributed by atoms with Crippen LogP contribution in [0.4, 0.5) is 0 Å². The van der Waals surface area contributed by atoms with E-state index in [9.17, 15) is 4.79 Å². The Kier molecular flexibility index (Phi) is 3.90. The predicted molar refractivity (Wildman–Crippen MR) is 55.9 cm³/mol. The fourth-order valence-corrected chi connectivity index (χ4v) is 1.28. The number of benzene rings is 1. The molecule has 3 heteroatoms. The van der Waals surface area contributed by atoms with Gasteiger partial charge in [0.1, 0.15) is 6.29 Å². The maximum atomic E-state index is 10.1. The molecule has 0 radical (unpaired) electrons. The smallest absolute Gasteiger partial charge is 0.123 e. The molecule has 1 aromatic carbocycles. The first-order chi connectivity index (χ1) is 6.76. The molecule has 0 aliphatic heterocycles. The summed E-state index contributed by atoms with van der Waals surface area (Å²) in [5.41, 5.74) is 1.35. The van der Waals surface area contributed by atoms with E-state index in [0.717, 1.165) is 11.8 Å². The number of allylic oxidation sites excluding steroid dienone is 1. The minimum Gasteiger partial charge on any atom is -0.303 e. The molecular formula is C11H8ClNO. The van der Waals surface area contributed by atoms with Crippen molar-refractivity contribution in [2.24, 2.45) is 0 Å². The molecule has 14 heavy (non-hydrogen) atoms. The highest BCUT2D eigenvalue weighted by Gasteiger charge is 1.95. The number of hydrogen-bond acceptors (Lipinski definition) is 2. The molecule has 0 saturated heterocycles. The SMILES string of the molecule is N#Cc1cc(Cl)cc(C=CCC=O)c1. The third-order valence-electron chi connectivity index (χ3n) is 1.59. The zero-order valence-electron chi connectivity index (χ0n) is 7.40. The Hall–Kier alpha value is -1.59. The summed E-state index contributed by atoms with van der Waals surface area (Å²) in [6.07, 6.45) is 4.67. The van der Waals surface area contributed by atoms with Crippen molar-refractivity contribution < 1.29 is 4.79 Å².